The summed E-state index contributed by atoms with van der Waals surface area (Å²) in [6, 6.07) is 7.73. The maximum Gasteiger partial charge on any atom is 0.231 e. The van der Waals surface area contributed by atoms with Gasteiger partial charge in [-0.15, -0.1) is 0 Å². The van der Waals surface area contributed by atoms with Crippen LogP contribution in [0.5, 0.6) is 0 Å². The Bertz CT molecular complexity index is 702. The fraction of sp³-hybridized carbons (Fsp3) is 0.500. The fourth-order valence-electron chi connectivity index (χ4n) is 2.98. The Morgan fingerprint density at radius 2 is 2.12 bits per heavy atom. The Labute approximate surface area is 152 Å². The standard InChI is InChI=1S/C18H22ClN3O3/c1-24-11-9-16-20-18(25-21-16)14-4-7-17(23)22(12-14)10-8-13-2-5-15(19)6-3-13/h2-3,5-6,14H,4,7-12H2,1H3. The van der Waals surface area contributed by atoms with Crippen molar-refractivity contribution in [2.75, 3.05) is 26.8 Å². The van der Waals surface area contributed by atoms with E-state index in [0.717, 1.165) is 17.9 Å². The number of nitrogens with zero attached hydrogens (tertiary/aromatic N) is 3. The quantitative estimate of drug-likeness (QED) is 0.756. The van der Waals surface area contributed by atoms with Crippen LogP contribution in [0.4, 0.5) is 0 Å². The van der Waals surface area contributed by atoms with Gasteiger partial charge in [0.05, 0.1) is 12.5 Å². The van der Waals surface area contributed by atoms with E-state index in [1.165, 1.54) is 5.56 Å². The molecule has 2 heterocycles. The summed E-state index contributed by atoms with van der Waals surface area (Å²) in [5.41, 5.74) is 1.17. The molecule has 1 aromatic heterocycles. The van der Waals surface area contributed by atoms with Gasteiger partial charge >= 0.3 is 0 Å². The zero-order valence-electron chi connectivity index (χ0n) is 14.3. The number of hydrogen-bond acceptors (Lipinski definition) is 5. The SMILES string of the molecule is COCCc1noc(C2CCC(=O)N(CCc3ccc(Cl)cc3)C2)n1. The maximum absolute atomic E-state index is 12.2. The van der Waals surface area contributed by atoms with Crippen LogP contribution in [0.1, 0.15) is 36.0 Å². The molecule has 25 heavy (non-hydrogen) atoms. The lowest BCUT2D eigenvalue weighted by molar-refractivity contribution is -0.133. The Morgan fingerprint density at radius 3 is 2.88 bits per heavy atom. The predicted molar refractivity (Wildman–Crippen MR) is 93.6 cm³/mol. The second-order valence-electron chi connectivity index (χ2n) is 6.24. The number of carbonyl (C=O) groups is 1. The molecule has 0 radical (unpaired) electrons. The van der Waals surface area contributed by atoms with Gasteiger partial charge < -0.3 is 14.2 Å². The van der Waals surface area contributed by atoms with Crippen molar-refractivity contribution in [1.82, 2.24) is 15.0 Å². The summed E-state index contributed by atoms with van der Waals surface area (Å²) < 4.78 is 10.4. The van der Waals surface area contributed by atoms with Crippen LogP contribution >= 0.6 is 11.6 Å². The number of ether oxygens (including phenoxy) is 1. The molecule has 134 valence electrons. The summed E-state index contributed by atoms with van der Waals surface area (Å²) in [7, 11) is 1.65. The first-order valence-electron chi connectivity index (χ1n) is 8.49. The highest BCUT2D eigenvalue weighted by molar-refractivity contribution is 6.30. The van der Waals surface area contributed by atoms with Gasteiger partial charge in [-0.2, -0.15) is 4.98 Å². The first-order valence-corrected chi connectivity index (χ1v) is 8.87. The summed E-state index contributed by atoms with van der Waals surface area (Å²) >= 11 is 5.91. The molecule has 1 unspecified atom stereocenters. The lowest BCUT2D eigenvalue weighted by atomic mass is 9.97. The highest BCUT2D eigenvalue weighted by atomic mass is 35.5. The van der Waals surface area contributed by atoms with Crippen LogP contribution in [0, 0.1) is 0 Å². The van der Waals surface area contributed by atoms with Crippen molar-refractivity contribution in [2.45, 2.75) is 31.6 Å². The Balaban J connectivity index is 1.58. The minimum absolute atomic E-state index is 0.103. The summed E-state index contributed by atoms with van der Waals surface area (Å²) in [6.45, 7) is 1.87. The number of likely N-dealkylation sites (tertiary alicyclic amines) is 1. The van der Waals surface area contributed by atoms with Crippen molar-refractivity contribution in [3.8, 4) is 0 Å². The minimum Gasteiger partial charge on any atom is -0.384 e. The van der Waals surface area contributed by atoms with E-state index < -0.39 is 0 Å². The lowest BCUT2D eigenvalue weighted by Gasteiger charge is -2.31. The van der Waals surface area contributed by atoms with Crippen molar-refractivity contribution >= 4 is 17.5 Å². The monoisotopic (exact) mass is 363 g/mol. The molecule has 1 saturated heterocycles. The van der Waals surface area contributed by atoms with Gasteiger partial charge in [-0.3, -0.25) is 4.79 Å². The van der Waals surface area contributed by atoms with Gasteiger partial charge in [0.15, 0.2) is 5.82 Å². The van der Waals surface area contributed by atoms with Crippen LogP contribution in [0.2, 0.25) is 5.02 Å². The minimum atomic E-state index is 0.103. The van der Waals surface area contributed by atoms with Crippen molar-refractivity contribution < 1.29 is 14.1 Å². The first-order chi connectivity index (χ1) is 12.2. The second-order valence-corrected chi connectivity index (χ2v) is 6.68. The molecule has 2 aromatic rings. The average molecular weight is 364 g/mol. The van der Waals surface area contributed by atoms with E-state index in [2.05, 4.69) is 10.1 Å². The van der Waals surface area contributed by atoms with E-state index >= 15 is 0 Å². The maximum atomic E-state index is 12.2. The number of hydrogen-bond donors (Lipinski definition) is 0. The molecule has 6 nitrogen and oxygen atoms in total. The van der Waals surface area contributed by atoms with Gasteiger partial charge in [-0.1, -0.05) is 28.9 Å². The highest BCUT2D eigenvalue weighted by Gasteiger charge is 2.30. The number of piperidine rings is 1. The molecule has 3 rings (SSSR count). The molecule has 0 aliphatic carbocycles. The second kappa shape index (κ2) is 8.45. The summed E-state index contributed by atoms with van der Waals surface area (Å²) in [6.07, 6.45) is 2.70. The van der Waals surface area contributed by atoms with E-state index in [0.29, 0.717) is 44.3 Å². The van der Waals surface area contributed by atoms with E-state index in [-0.39, 0.29) is 11.8 Å². The zero-order chi connectivity index (χ0) is 17.6. The molecule has 1 amide bonds. The molecule has 1 fully saturated rings. The lowest BCUT2D eigenvalue weighted by Crippen LogP contribution is -2.40. The number of benzene rings is 1. The number of amides is 1. The third-order valence-corrected chi connectivity index (χ3v) is 4.70. The fourth-order valence-corrected chi connectivity index (χ4v) is 3.10. The smallest absolute Gasteiger partial charge is 0.231 e. The molecule has 0 N–H and O–H groups in total. The van der Waals surface area contributed by atoms with Crippen LogP contribution < -0.4 is 0 Å². The molecular formula is C18H22ClN3O3. The molecule has 1 aliphatic rings. The largest absolute Gasteiger partial charge is 0.384 e. The molecule has 1 aliphatic heterocycles. The first kappa shape index (κ1) is 17.9. The van der Waals surface area contributed by atoms with Gasteiger partial charge in [-0.05, 0) is 30.5 Å². The van der Waals surface area contributed by atoms with Crippen LogP contribution in [0.15, 0.2) is 28.8 Å². The Kier molecular flexibility index (Phi) is 6.04. The Morgan fingerprint density at radius 1 is 1.32 bits per heavy atom. The van der Waals surface area contributed by atoms with Gasteiger partial charge in [-0.25, -0.2) is 0 Å². The molecular weight excluding hydrogens is 342 g/mol. The van der Waals surface area contributed by atoms with Gasteiger partial charge in [0.2, 0.25) is 11.8 Å². The van der Waals surface area contributed by atoms with Crippen LogP contribution in [0.3, 0.4) is 0 Å². The van der Waals surface area contributed by atoms with E-state index in [1.54, 1.807) is 7.11 Å². The number of rotatable bonds is 7. The number of carbonyl (C=O) groups excluding carboxylic acids is 1. The molecule has 1 aromatic carbocycles. The average Bonchev–Trinajstić information content (AvgIpc) is 3.09. The van der Waals surface area contributed by atoms with Crippen molar-refractivity contribution in [2.24, 2.45) is 0 Å². The predicted octanol–water partition coefficient (Wildman–Crippen LogP) is 2.86. The zero-order valence-corrected chi connectivity index (χ0v) is 15.0. The number of aromatic nitrogens is 2. The van der Waals surface area contributed by atoms with Crippen LogP contribution in [-0.4, -0.2) is 47.8 Å². The van der Waals surface area contributed by atoms with Gasteiger partial charge in [0, 0.05) is 38.1 Å². The Hall–Kier alpha value is -1.92. The molecule has 0 bridgehead atoms. The van der Waals surface area contributed by atoms with Gasteiger partial charge in [0.25, 0.3) is 0 Å². The van der Waals surface area contributed by atoms with Gasteiger partial charge in [0.1, 0.15) is 0 Å². The molecule has 7 heteroatoms. The van der Waals surface area contributed by atoms with E-state index in [9.17, 15) is 4.79 Å². The van der Waals surface area contributed by atoms with E-state index in [1.807, 2.05) is 29.2 Å². The van der Waals surface area contributed by atoms with E-state index in [4.69, 9.17) is 20.9 Å². The summed E-state index contributed by atoms with van der Waals surface area (Å²) in [5.74, 6) is 1.56. The third kappa shape index (κ3) is 4.80. The highest BCUT2D eigenvalue weighted by Crippen LogP contribution is 2.26. The molecule has 0 saturated carbocycles. The molecule has 1 atom stereocenters. The topological polar surface area (TPSA) is 68.5 Å². The normalized spacial score (nSPS) is 17.9. The number of halogens is 1. The summed E-state index contributed by atoms with van der Waals surface area (Å²) in [5, 5.41) is 4.71. The number of methoxy groups -OCH3 is 1. The van der Waals surface area contributed by atoms with Crippen LogP contribution in [-0.2, 0) is 22.4 Å². The summed E-state index contributed by atoms with van der Waals surface area (Å²) in [4.78, 5) is 18.6. The van der Waals surface area contributed by atoms with Crippen molar-refractivity contribution in [3.05, 3.63) is 46.6 Å². The van der Waals surface area contributed by atoms with Crippen molar-refractivity contribution in [1.29, 1.82) is 0 Å². The van der Waals surface area contributed by atoms with Crippen LogP contribution in [0.25, 0.3) is 0 Å². The molecule has 0 spiro atoms. The third-order valence-electron chi connectivity index (χ3n) is 4.45. The van der Waals surface area contributed by atoms with Crippen molar-refractivity contribution in [3.63, 3.8) is 0 Å².